The average molecular weight is 384 g/mol. The van der Waals surface area contributed by atoms with E-state index in [-0.39, 0.29) is 30.5 Å². The van der Waals surface area contributed by atoms with E-state index in [1.807, 2.05) is 37.3 Å². The molecule has 2 aromatic carbocycles. The molecule has 7 heteroatoms. The molecule has 0 aliphatic heterocycles. The highest BCUT2D eigenvalue weighted by atomic mass is 16.6. The van der Waals surface area contributed by atoms with Gasteiger partial charge in [-0.25, -0.2) is 0 Å². The number of nitrogens with one attached hydrogen (secondary N) is 1. The fourth-order valence-electron chi connectivity index (χ4n) is 3.02. The molecule has 0 saturated heterocycles. The predicted molar refractivity (Wildman–Crippen MR) is 105 cm³/mol. The van der Waals surface area contributed by atoms with E-state index in [0.717, 1.165) is 5.56 Å². The van der Waals surface area contributed by atoms with Gasteiger partial charge in [0.15, 0.2) is 0 Å². The number of esters is 1. The first-order valence-corrected chi connectivity index (χ1v) is 9.21. The van der Waals surface area contributed by atoms with Gasteiger partial charge in [0.2, 0.25) is 5.91 Å². The number of hydrogen-bond donors (Lipinski definition) is 1. The summed E-state index contributed by atoms with van der Waals surface area (Å²) in [5.74, 6) is -1.11. The molecule has 7 nitrogen and oxygen atoms in total. The van der Waals surface area contributed by atoms with Crippen LogP contribution in [0, 0.1) is 10.1 Å². The molecule has 0 aliphatic carbocycles. The lowest BCUT2D eigenvalue weighted by atomic mass is 9.94. The van der Waals surface area contributed by atoms with Crippen molar-refractivity contribution in [2.75, 3.05) is 6.61 Å². The Hall–Kier alpha value is -3.22. The van der Waals surface area contributed by atoms with Gasteiger partial charge in [-0.2, -0.15) is 0 Å². The molecular weight excluding hydrogens is 360 g/mol. The number of amides is 1. The van der Waals surface area contributed by atoms with Crippen molar-refractivity contribution in [3.8, 4) is 0 Å². The van der Waals surface area contributed by atoms with E-state index >= 15 is 0 Å². The van der Waals surface area contributed by atoms with E-state index < -0.39 is 16.9 Å². The van der Waals surface area contributed by atoms with Crippen molar-refractivity contribution in [1.29, 1.82) is 0 Å². The zero-order valence-corrected chi connectivity index (χ0v) is 16.0. The van der Waals surface area contributed by atoms with Gasteiger partial charge in [-0.15, -0.1) is 0 Å². The smallest absolute Gasteiger partial charge is 0.308 e. The Bertz CT molecular complexity index is 823. The first-order valence-electron chi connectivity index (χ1n) is 9.21. The number of rotatable bonds is 9. The van der Waals surface area contributed by atoms with Gasteiger partial charge in [-0.05, 0) is 24.5 Å². The van der Waals surface area contributed by atoms with Crippen LogP contribution in [0.5, 0.6) is 0 Å². The van der Waals surface area contributed by atoms with Crippen LogP contribution in [0.15, 0.2) is 54.6 Å². The Labute approximate surface area is 163 Å². The molecular formula is C21H24N2O5. The molecule has 1 N–H and O–H groups in total. The van der Waals surface area contributed by atoms with Crippen LogP contribution in [-0.2, 0) is 14.3 Å². The molecule has 0 saturated carbocycles. The number of non-ortho nitro benzene ring substituents is 1. The monoisotopic (exact) mass is 384 g/mol. The number of hydrogen-bond acceptors (Lipinski definition) is 5. The third kappa shape index (κ3) is 5.64. The highest BCUT2D eigenvalue weighted by molar-refractivity contribution is 5.84. The minimum atomic E-state index is -0.718. The van der Waals surface area contributed by atoms with Crippen LogP contribution in [0.1, 0.15) is 49.8 Å². The number of nitro benzene ring substituents is 1. The second-order valence-corrected chi connectivity index (χ2v) is 6.29. The lowest BCUT2D eigenvalue weighted by Gasteiger charge is -2.22. The molecule has 0 fully saturated rings. The number of carbonyl (C=O) groups is 2. The van der Waals surface area contributed by atoms with Gasteiger partial charge in [-0.3, -0.25) is 19.7 Å². The lowest BCUT2D eigenvalue weighted by Crippen LogP contribution is -2.34. The summed E-state index contributed by atoms with van der Waals surface area (Å²) in [6.07, 6.45) is 0.475. The van der Waals surface area contributed by atoms with Crippen LogP contribution in [0.25, 0.3) is 0 Å². The second kappa shape index (κ2) is 10.2. The number of carbonyl (C=O) groups excluding carboxylic acids is 2. The Morgan fingerprint density at radius 3 is 2.36 bits per heavy atom. The van der Waals surface area contributed by atoms with Crippen LogP contribution in [0.3, 0.4) is 0 Å². The van der Waals surface area contributed by atoms with E-state index in [2.05, 4.69) is 5.32 Å². The average Bonchev–Trinajstić information content (AvgIpc) is 2.69. The SMILES string of the molecule is CCOC(=O)CC(NC(=O)C(CC)c1ccccc1)c1cccc([N+](=O)[O-])c1. The Kier molecular flexibility index (Phi) is 7.68. The van der Waals surface area contributed by atoms with Crippen LogP contribution in [0.4, 0.5) is 5.69 Å². The summed E-state index contributed by atoms with van der Waals surface area (Å²) in [4.78, 5) is 35.5. The predicted octanol–water partition coefficient (Wildman–Crippen LogP) is 3.90. The van der Waals surface area contributed by atoms with E-state index in [9.17, 15) is 19.7 Å². The van der Waals surface area contributed by atoms with Gasteiger partial charge in [0.05, 0.1) is 29.9 Å². The molecule has 2 unspecified atom stereocenters. The second-order valence-electron chi connectivity index (χ2n) is 6.29. The summed E-state index contributed by atoms with van der Waals surface area (Å²) >= 11 is 0. The van der Waals surface area contributed by atoms with Crippen molar-refractivity contribution in [2.45, 2.75) is 38.6 Å². The molecule has 2 rings (SSSR count). The van der Waals surface area contributed by atoms with Crippen molar-refractivity contribution in [3.05, 3.63) is 75.8 Å². The van der Waals surface area contributed by atoms with Gasteiger partial charge in [0.25, 0.3) is 5.69 Å². The zero-order chi connectivity index (χ0) is 20.5. The highest BCUT2D eigenvalue weighted by Crippen LogP contribution is 2.25. The molecule has 0 aromatic heterocycles. The maximum atomic E-state index is 12.9. The molecule has 2 atom stereocenters. The van der Waals surface area contributed by atoms with Gasteiger partial charge >= 0.3 is 5.97 Å². The van der Waals surface area contributed by atoms with E-state index in [1.54, 1.807) is 13.0 Å². The molecule has 0 heterocycles. The maximum Gasteiger partial charge on any atom is 0.308 e. The van der Waals surface area contributed by atoms with Crippen molar-refractivity contribution >= 4 is 17.6 Å². The normalized spacial score (nSPS) is 12.6. The Morgan fingerprint density at radius 2 is 1.75 bits per heavy atom. The van der Waals surface area contributed by atoms with Crippen molar-refractivity contribution in [3.63, 3.8) is 0 Å². The summed E-state index contributed by atoms with van der Waals surface area (Å²) in [7, 11) is 0. The molecule has 0 bridgehead atoms. The summed E-state index contributed by atoms with van der Waals surface area (Å²) in [6.45, 7) is 3.82. The van der Waals surface area contributed by atoms with Crippen LogP contribution in [0.2, 0.25) is 0 Å². The van der Waals surface area contributed by atoms with Crippen molar-refractivity contribution < 1.29 is 19.2 Å². The summed E-state index contributed by atoms with van der Waals surface area (Å²) in [5, 5.41) is 14.0. The fourth-order valence-corrected chi connectivity index (χ4v) is 3.02. The third-order valence-electron chi connectivity index (χ3n) is 4.40. The van der Waals surface area contributed by atoms with Gasteiger partial charge in [-0.1, -0.05) is 49.4 Å². The molecule has 0 aliphatic rings. The largest absolute Gasteiger partial charge is 0.466 e. The van der Waals surface area contributed by atoms with Crippen LogP contribution >= 0.6 is 0 Å². The Balaban J connectivity index is 2.28. The first kappa shape index (κ1) is 21.1. The topological polar surface area (TPSA) is 98.5 Å². The van der Waals surface area contributed by atoms with Gasteiger partial charge in [0, 0.05) is 12.1 Å². The number of ether oxygens (including phenoxy) is 1. The minimum absolute atomic E-state index is 0.101. The van der Waals surface area contributed by atoms with Crippen LogP contribution < -0.4 is 5.32 Å². The lowest BCUT2D eigenvalue weighted by molar-refractivity contribution is -0.384. The van der Waals surface area contributed by atoms with Crippen molar-refractivity contribution in [2.24, 2.45) is 0 Å². The van der Waals surface area contributed by atoms with Crippen molar-refractivity contribution in [1.82, 2.24) is 5.32 Å². The minimum Gasteiger partial charge on any atom is -0.466 e. The summed E-state index contributed by atoms with van der Waals surface area (Å²) < 4.78 is 5.00. The standard InChI is InChI=1S/C21H24N2O5/c1-3-18(15-9-6-5-7-10-15)21(25)22-19(14-20(24)28-4-2)16-11-8-12-17(13-16)23(26)27/h5-13,18-19H,3-4,14H2,1-2H3,(H,22,25). The first-order chi connectivity index (χ1) is 13.5. The molecule has 2 aromatic rings. The number of nitrogens with zero attached hydrogens (tertiary/aromatic N) is 1. The molecule has 1 amide bonds. The van der Waals surface area contributed by atoms with E-state index in [4.69, 9.17) is 4.74 Å². The maximum absolute atomic E-state index is 12.9. The number of benzene rings is 2. The summed E-state index contributed by atoms with van der Waals surface area (Å²) in [6, 6.07) is 14.6. The molecule has 28 heavy (non-hydrogen) atoms. The fraction of sp³-hybridized carbons (Fsp3) is 0.333. The summed E-state index contributed by atoms with van der Waals surface area (Å²) in [5.41, 5.74) is 1.26. The number of nitro groups is 1. The Morgan fingerprint density at radius 1 is 1.07 bits per heavy atom. The van der Waals surface area contributed by atoms with E-state index in [0.29, 0.717) is 12.0 Å². The van der Waals surface area contributed by atoms with Gasteiger partial charge in [0.1, 0.15) is 0 Å². The van der Waals surface area contributed by atoms with Crippen LogP contribution in [-0.4, -0.2) is 23.4 Å². The molecule has 0 spiro atoms. The van der Waals surface area contributed by atoms with E-state index in [1.165, 1.54) is 18.2 Å². The highest BCUT2D eigenvalue weighted by Gasteiger charge is 2.25. The third-order valence-corrected chi connectivity index (χ3v) is 4.40. The van der Waals surface area contributed by atoms with Gasteiger partial charge < -0.3 is 10.1 Å². The zero-order valence-electron chi connectivity index (χ0n) is 16.0. The molecule has 0 radical (unpaired) electrons. The molecule has 148 valence electrons. The quantitative estimate of drug-likeness (QED) is 0.402.